The molecule has 1 aromatic rings. The van der Waals surface area contributed by atoms with E-state index < -0.39 is 24.0 Å². The molecule has 1 heterocycles. The van der Waals surface area contributed by atoms with Crippen molar-refractivity contribution in [1.29, 1.82) is 0 Å². The Bertz CT molecular complexity index is 401. The summed E-state index contributed by atoms with van der Waals surface area (Å²) < 4.78 is 6.62. The fraction of sp³-hybridized carbons (Fsp3) is 0.583. The minimum absolute atomic E-state index is 0.368. The van der Waals surface area contributed by atoms with Crippen molar-refractivity contribution in [1.82, 2.24) is 0 Å². The van der Waals surface area contributed by atoms with Crippen molar-refractivity contribution in [3.05, 3.63) is 11.4 Å². The average molecular weight is 362 g/mol. The molecule has 0 fully saturated rings. The first-order valence-electron chi connectivity index (χ1n) is 5.67. The van der Waals surface area contributed by atoms with Gasteiger partial charge in [0.2, 0.25) is 0 Å². The van der Waals surface area contributed by atoms with Crippen LogP contribution in [0.2, 0.25) is 14.8 Å². The molecule has 5 heteroatoms. The van der Waals surface area contributed by atoms with Crippen LogP contribution in [0.25, 0.3) is 0 Å². The first-order valence-corrected chi connectivity index (χ1v) is 16.5. The van der Waals surface area contributed by atoms with E-state index in [-0.39, 0.29) is 6.09 Å². The third-order valence-electron chi connectivity index (χ3n) is 1.98. The summed E-state index contributed by atoms with van der Waals surface area (Å²) in [5.41, 5.74) is 0.484. The van der Waals surface area contributed by atoms with Gasteiger partial charge >= 0.3 is 112 Å². The topological polar surface area (TPSA) is 38.3 Å². The van der Waals surface area contributed by atoms with E-state index in [9.17, 15) is 4.79 Å². The van der Waals surface area contributed by atoms with Crippen molar-refractivity contribution in [3.63, 3.8) is 0 Å². The summed E-state index contributed by atoms with van der Waals surface area (Å²) in [6.45, 7) is 5.60. The number of ether oxygens (including phenoxy) is 1. The molecule has 1 rings (SSSR count). The molecule has 0 saturated carbocycles. The number of anilines is 1. The number of carbonyl (C=O) groups excluding carboxylic acids is 1. The molecule has 1 aromatic heterocycles. The number of nitrogens with one attached hydrogen (secondary N) is 1. The van der Waals surface area contributed by atoms with Crippen LogP contribution in [-0.4, -0.2) is 30.1 Å². The van der Waals surface area contributed by atoms with Crippen molar-refractivity contribution in [2.75, 3.05) is 5.32 Å². The summed E-state index contributed by atoms with van der Waals surface area (Å²) in [6.07, 6.45) is -0.368. The summed E-state index contributed by atoms with van der Waals surface area (Å²) in [4.78, 5) is 18.7. The Hall–Kier alpha value is -0.231. The van der Waals surface area contributed by atoms with Crippen molar-refractivity contribution >= 4 is 44.4 Å². The van der Waals surface area contributed by atoms with Crippen LogP contribution in [0.4, 0.5) is 10.5 Å². The zero-order valence-corrected chi connectivity index (χ0v) is 15.1. The van der Waals surface area contributed by atoms with Crippen LogP contribution >= 0.6 is 11.3 Å². The summed E-state index contributed by atoms with van der Waals surface area (Å²) in [5, 5.41) is 4.89. The van der Waals surface area contributed by atoms with E-state index >= 15 is 0 Å². The van der Waals surface area contributed by atoms with Crippen molar-refractivity contribution in [2.24, 2.45) is 0 Å². The van der Waals surface area contributed by atoms with Gasteiger partial charge < -0.3 is 0 Å². The van der Waals surface area contributed by atoms with E-state index in [1.165, 1.54) is 2.89 Å². The molecule has 17 heavy (non-hydrogen) atoms. The van der Waals surface area contributed by atoms with Gasteiger partial charge in [0.1, 0.15) is 0 Å². The zero-order valence-electron chi connectivity index (χ0n) is 11.4. The molecule has 0 aliphatic carbocycles. The van der Waals surface area contributed by atoms with Crippen LogP contribution in [0.15, 0.2) is 11.4 Å². The summed E-state index contributed by atoms with van der Waals surface area (Å²) in [7, 11) is 0. The third kappa shape index (κ3) is 4.87. The van der Waals surface area contributed by atoms with Gasteiger partial charge in [-0.25, -0.2) is 0 Å². The van der Waals surface area contributed by atoms with Gasteiger partial charge in [0.05, 0.1) is 0 Å². The second-order valence-corrected chi connectivity index (χ2v) is 22.3. The van der Waals surface area contributed by atoms with E-state index in [4.69, 9.17) is 4.74 Å². The number of rotatable bonds is 2. The summed E-state index contributed by atoms with van der Waals surface area (Å²) >= 11 is -0.395. The van der Waals surface area contributed by atoms with Crippen LogP contribution < -0.4 is 8.21 Å². The number of amides is 1. The molecule has 0 radical (unpaired) electrons. The molecular formula is C12H21NO2SSn. The molecule has 1 amide bonds. The van der Waals surface area contributed by atoms with Crippen molar-refractivity contribution < 1.29 is 9.53 Å². The Kier molecular flexibility index (Phi) is 4.52. The maximum atomic E-state index is 11.7. The van der Waals surface area contributed by atoms with Gasteiger partial charge in [-0.05, 0) is 0 Å². The van der Waals surface area contributed by atoms with Crippen LogP contribution in [0.1, 0.15) is 20.8 Å². The van der Waals surface area contributed by atoms with Gasteiger partial charge in [-0.2, -0.15) is 0 Å². The van der Waals surface area contributed by atoms with Crippen LogP contribution in [-0.2, 0) is 4.74 Å². The first-order chi connectivity index (χ1) is 7.59. The average Bonchev–Trinajstić information content (AvgIpc) is 2.46. The van der Waals surface area contributed by atoms with Gasteiger partial charge in [-0.15, -0.1) is 0 Å². The van der Waals surface area contributed by atoms with Gasteiger partial charge in [0.25, 0.3) is 0 Å². The second kappa shape index (κ2) is 5.18. The Morgan fingerprint density at radius 1 is 1.35 bits per heavy atom. The second-order valence-electron chi connectivity index (χ2n) is 6.04. The molecule has 0 unspecified atom stereocenters. The Morgan fingerprint density at radius 2 is 1.94 bits per heavy atom. The minimum atomic E-state index is -2.13. The molecule has 1 N–H and O–H groups in total. The number of thiophene rings is 1. The molecule has 0 spiro atoms. The SMILES string of the molecule is CC(C)(C)OC(=O)Nc1ccs[c]1[Sn]([CH3])([CH3])[CH3]. The number of hydrogen-bond donors (Lipinski definition) is 1. The van der Waals surface area contributed by atoms with Gasteiger partial charge in [-0.3, -0.25) is 0 Å². The molecule has 0 aliphatic heterocycles. The van der Waals surface area contributed by atoms with E-state index in [1.54, 1.807) is 11.3 Å². The van der Waals surface area contributed by atoms with Gasteiger partial charge in [0, 0.05) is 0 Å². The van der Waals surface area contributed by atoms with Crippen molar-refractivity contribution in [3.8, 4) is 0 Å². The maximum absolute atomic E-state index is 11.7. The molecule has 0 aliphatic rings. The van der Waals surface area contributed by atoms with E-state index in [1.807, 2.05) is 32.2 Å². The summed E-state index contributed by atoms with van der Waals surface area (Å²) in [6, 6.07) is 1.96. The van der Waals surface area contributed by atoms with Crippen LogP contribution in [0.3, 0.4) is 0 Å². The molecule has 0 aromatic carbocycles. The summed E-state index contributed by atoms with van der Waals surface area (Å²) in [5.74, 6) is 0. The molecule has 0 bridgehead atoms. The predicted molar refractivity (Wildman–Crippen MR) is 77.2 cm³/mol. The molecular weight excluding hydrogens is 341 g/mol. The van der Waals surface area contributed by atoms with Crippen LogP contribution in [0, 0.1) is 0 Å². The van der Waals surface area contributed by atoms with Crippen molar-refractivity contribution in [2.45, 2.75) is 41.2 Å². The fourth-order valence-electron chi connectivity index (χ4n) is 1.40. The Balaban J connectivity index is 2.77. The quantitative estimate of drug-likeness (QED) is 0.816. The monoisotopic (exact) mass is 363 g/mol. The standard InChI is InChI=1S/C9H12NO2S.3CH3.Sn/c1-9(2,3)12-8(11)10-7-4-5-13-6-7;;;;/h4-5H,1-3H3,(H,10,11);3*1H3;. The number of hydrogen-bond acceptors (Lipinski definition) is 3. The molecule has 0 atom stereocenters. The Morgan fingerprint density at radius 3 is 2.41 bits per heavy atom. The zero-order chi connectivity index (χ0) is 13.3. The molecule has 96 valence electrons. The van der Waals surface area contributed by atoms with E-state index in [2.05, 4.69) is 20.1 Å². The van der Waals surface area contributed by atoms with Gasteiger partial charge in [-0.1, -0.05) is 0 Å². The van der Waals surface area contributed by atoms with Crippen LogP contribution in [0.5, 0.6) is 0 Å². The van der Waals surface area contributed by atoms with Gasteiger partial charge in [0.15, 0.2) is 0 Å². The number of carbonyl (C=O) groups is 1. The van der Waals surface area contributed by atoms with E-state index in [0.717, 1.165) is 5.69 Å². The third-order valence-corrected chi connectivity index (χ3v) is 12.5. The molecule has 0 saturated heterocycles. The predicted octanol–water partition coefficient (Wildman–Crippen LogP) is 3.64. The Labute approximate surface area is 111 Å². The fourth-order valence-corrected chi connectivity index (χ4v) is 8.67. The van der Waals surface area contributed by atoms with E-state index in [0.29, 0.717) is 0 Å². The first kappa shape index (κ1) is 14.8. The normalized spacial score (nSPS) is 12.4. The molecule has 3 nitrogen and oxygen atoms in total.